The number of aryl methyl sites for hydroxylation is 3. The van der Waals surface area contributed by atoms with E-state index < -0.39 is 11.0 Å². The molecule has 3 aromatic carbocycles. The number of amides is 2. The Morgan fingerprint density at radius 2 is 1.66 bits per heavy atom. The van der Waals surface area contributed by atoms with E-state index in [1.54, 1.807) is 6.92 Å². The number of hydrogen-bond acceptors (Lipinski definition) is 5. The Hall–Kier alpha value is -4.39. The maximum absolute atomic E-state index is 13.6. The smallest absolute Gasteiger partial charge is 0.255 e. The molecular formula is C34H37N3O4. The van der Waals surface area contributed by atoms with Crippen LogP contribution in [0, 0.1) is 20.8 Å². The van der Waals surface area contributed by atoms with Gasteiger partial charge < -0.3 is 19.5 Å². The van der Waals surface area contributed by atoms with Gasteiger partial charge in [-0.3, -0.25) is 9.59 Å². The quantitative estimate of drug-likeness (QED) is 0.272. The maximum atomic E-state index is 13.6. The van der Waals surface area contributed by atoms with Crippen molar-refractivity contribution < 1.29 is 18.8 Å². The number of fused-ring (bicyclic) bond motifs is 1. The van der Waals surface area contributed by atoms with Crippen molar-refractivity contribution in [2.24, 2.45) is 0 Å². The minimum absolute atomic E-state index is 0.0588. The summed E-state index contributed by atoms with van der Waals surface area (Å²) in [5.41, 5.74) is 5.66. The van der Waals surface area contributed by atoms with E-state index in [2.05, 4.69) is 43.4 Å². The summed E-state index contributed by atoms with van der Waals surface area (Å²) < 4.78 is 11.5. The van der Waals surface area contributed by atoms with E-state index in [4.69, 9.17) is 9.26 Å². The molecule has 7 nitrogen and oxygen atoms in total. The third-order valence-corrected chi connectivity index (χ3v) is 7.83. The van der Waals surface area contributed by atoms with Gasteiger partial charge >= 0.3 is 0 Å². The molecule has 1 unspecified atom stereocenters. The number of hydrogen-bond donors (Lipinski definition) is 1. The van der Waals surface area contributed by atoms with Crippen LogP contribution in [0.1, 0.15) is 78.2 Å². The highest BCUT2D eigenvalue weighted by molar-refractivity contribution is 6.06. The first-order chi connectivity index (χ1) is 19.4. The van der Waals surface area contributed by atoms with Crippen molar-refractivity contribution in [1.82, 2.24) is 5.16 Å². The van der Waals surface area contributed by atoms with Gasteiger partial charge in [-0.2, -0.15) is 0 Å². The van der Waals surface area contributed by atoms with Crippen LogP contribution in [0.5, 0.6) is 5.75 Å². The second-order valence-corrected chi connectivity index (χ2v) is 12.0. The molecule has 212 valence electrons. The number of anilines is 2. The molecule has 0 fully saturated rings. The number of ether oxygens (including phenoxy) is 1. The summed E-state index contributed by atoms with van der Waals surface area (Å²) in [6, 6.07) is 21.7. The van der Waals surface area contributed by atoms with Gasteiger partial charge in [0, 0.05) is 35.6 Å². The van der Waals surface area contributed by atoms with Gasteiger partial charge in [0.2, 0.25) is 5.91 Å². The molecule has 0 radical (unpaired) electrons. The zero-order chi connectivity index (χ0) is 29.5. The Morgan fingerprint density at radius 1 is 0.976 bits per heavy atom. The summed E-state index contributed by atoms with van der Waals surface area (Å²) in [7, 11) is 0. The molecule has 0 saturated carbocycles. The third kappa shape index (κ3) is 5.49. The summed E-state index contributed by atoms with van der Waals surface area (Å²) >= 11 is 0. The monoisotopic (exact) mass is 551 g/mol. The fraction of sp³-hybridized carbons (Fsp3) is 0.324. The fourth-order valence-corrected chi connectivity index (χ4v) is 6.38. The molecule has 0 spiro atoms. The molecule has 4 aromatic rings. The van der Waals surface area contributed by atoms with E-state index >= 15 is 0 Å². The van der Waals surface area contributed by atoms with Crippen LogP contribution in [0.25, 0.3) is 0 Å². The normalized spacial score (nSPS) is 17.6. The maximum Gasteiger partial charge on any atom is 0.255 e. The molecule has 5 rings (SSSR count). The molecule has 1 aliphatic heterocycles. The number of nitrogens with zero attached hydrogens (tertiary/aromatic N) is 2. The highest BCUT2D eigenvalue weighted by atomic mass is 16.5. The minimum Gasteiger partial charge on any atom is -0.485 e. The van der Waals surface area contributed by atoms with Gasteiger partial charge in [-0.1, -0.05) is 59.6 Å². The number of nitrogens with one attached hydrogen (secondary N) is 1. The average Bonchev–Trinajstić information content (AvgIpc) is 3.32. The van der Waals surface area contributed by atoms with Crippen molar-refractivity contribution in [3.05, 3.63) is 106 Å². The molecule has 0 bridgehead atoms. The van der Waals surface area contributed by atoms with E-state index in [0.717, 1.165) is 27.9 Å². The van der Waals surface area contributed by atoms with Crippen LogP contribution in [-0.4, -0.2) is 22.5 Å². The number of benzene rings is 3. The van der Waals surface area contributed by atoms with Gasteiger partial charge in [-0.05, 0) is 70.4 Å². The predicted octanol–water partition coefficient (Wildman–Crippen LogP) is 7.27. The molecule has 1 N–H and O–H groups in total. The van der Waals surface area contributed by atoms with Crippen LogP contribution in [-0.2, 0) is 16.8 Å². The Balaban J connectivity index is 1.68. The topological polar surface area (TPSA) is 84.7 Å². The molecule has 2 heterocycles. The third-order valence-electron chi connectivity index (χ3n) is 7.83. The zero-order valence-corrected chi connectivity index (χ0v) is 24.8. The first-order valence-corrected chi connectivity index (χ1v) is 13.9. The van der Waals surface area contributed by atoms with Gasteiger partial charge in [0.1, 0.15) is 23.8 Å². The lowest BCUT2D eigenvalue weighted by Gasteiger charge is -2.51. The first kappa shape index (κ1) is 28.1. The molecule has 41 heavy (non-hydrogen) atoms. The van der Waals surface area contributed by atoms with E-state index in [9.17, 15) is 9.59 Å². The highest BCUT2D eigenvalue weighted by Gasteiger charge is 2.47. The van der Waals surface area contributed by atoms with Gasteiger partial charge in [0.15, 0.2) is 0 Å². The minimum atomic E-state index is -0.478. The van der Waals surface area contributed by atoms with Crippen molar-refractivity contribution in [3.63, 3.8) is 0 Å². The van der Waals surface area contributed by atoms with E-state index in [1.807, 2.05) is 80.3 Å². The van der Waals surface area contributed by atoms with Crippen molar-refractivity contribution in [3.8, 4) is 5.75 Å². The first-order valence-electron chi connectivity index (χ1n) is 13.9. The standard InChI is InChI=1S/C34H37N3O4/c1-21-13-22(2)15-25(14-21)32(39)35-29-17-28-30(18-31(29)40-19-27-16-23(3)41-36-27)37(24(4)38)33(5,6)20-34(28,7)26-11-9-8-10-12-26/h8-18H,19-20H2,1-7H3,(H,35,39). The van der Waals surface area contributed by atoms with Crippen LogP contribution in [0.4, 0.5) is 11.4 Å². The molecule has 7 heteroatoms. The van der Waals surface area contributed by atoms with Gasteiger partial charge in [-0.25, -0.2) is 0 Å². The Bertz CT molecular complexity index is 1600. The Labute approximate surface area is 241 Å². The molecule has 2 amide bonds. The van der Waals surface area contributed by atoms with Gasteiger partial charge in [0.25, 0.3) is 5.91 Å². The van der Waals surface area contributed by atoms with Crippen molar-refractivity contribution in [2.45, 2.75) is 72.4 Å². The summed E-state index contributed by atoms with van der Waals surface area (Å²) in [5, 5.41) is 7.17. The molecule has 1 atom stereocenters. The summed E-state index contributed by atoms with van der Waals surface area (Å²) in [4.78, 5) is 28.5. The lowest BCUT2D eigenvalue weighted by atomic mass is 9.65. The second-order valence-electron chi connectivity index (χ2n) is 12.0. The van der Waals surface area contributed by atoms with E-state index in [0.29, 0.717) is 34.9 Å². The highest BCUT2D eigenvalue weighted by Crippen LogP contribution is 2.53. The molecule has 1 aromatic heterocycles. The summed E-state index contributed by atoms with van der Waals surface area (Å²) in [5.74, 6) is 0.832. The largest absolute Gasteiger partial charge is 0.485 e. The van der Waals surface area contributed by atoms with Crippen molar-refractivity contribution in [2.75, 3.05) is 10.2 Å². The lowest BCUT2D eigenvalue weighted by molar-refractivity contribution is -0.117. The Morgan fingerprint density at radius 3 is 2.27 bits per heavy atom. The molecule has 0 aliphatic carbocycles. The van der Waals surface area contributed by atoms with Gasteiger partial charge in [0.05, 0.1) is 11.4 Å². The van der Waals surface area contributed by atoms with Crippen LogP contribution >= 0.6 is 0 Å². The Kier molecular flexibility index (Phi) is 7.24. The van der Waals surface area contributed by atoms with E-state index in [1.165, 1.54) is 0 Å². The molecule has 0 saturated heterocycles. The van der Waals surface area contributed by atoms with Crippen LogP contribution in [0.15, 0.2) is 71.3 Å². The number of aromatic nitrogens is 1. The average molecular weight is 552 g/mol. The number of rotatable bonds is 6. The number of carbonyl (C=O) groups is 2. The lowest BCUT2D eigenvalue weighted by Crippen LogP contribution is -2.55. The summed E-state index contributed by atoms with van der Waals surface area (Å²) in [6.45, 7) is 13.9. The van der Waals surface area contributed by atoms with Gasteiger partial charge in [-0.15, -0.1) is 0 Å². The van der Waals surface area contributed by atoms with Crippen molar-refractivity contribution >= 4 is 23.2 Å². The second kappa shape index (κ2) is 10.5. The molecular weight excluding hydrogens is 514 g/mol. The number of carbonyl (C=O) groups excluding carboxylic acids is 2. The van der Waals surface area contributed by atoms with Crippen LogP contribution in [0.3, 0.4) is 0 Å². The van der Waals surface area contributed by atoms with Crippen LogP contribution < -0.4 is 15.0 Å². The van der Waals surface area contributed by atoms with E-state index in [-0.39, 0.29) is 18.4 Å². The van der Waals surface area contributed by atoms with Crippen molar-refractivity contribution in [1.29, 1.82) is 0 Å². The SMILES string of the molecule is CC(=O)N1c2cc(OCc3cc(C)on3)c(NC(=O)c3cc(C)cc(C)c3)cc2C(C)(c2ccccc2)CC1(C)C. The zero-order valence-electron chi connectivity index (χ0n) is 24.8. The summed E-state index contributed by atoms with van der Waals surface area (Å²) in [6.07, 6.45) is 0.694. The molecule has 1 aliphatic rings. The van der Waals surface area contributed by atoms with Crippen LogP contribution in [0.2, 0.25) is 0 Å². The predicted molar refractivity (Wildman–Crippen MR) is 161 cm³/mol. The fourth-order valence-electron chi connectivity index (χ4n) is 6.38.